The van der Waals surface area contributed by atoms with Crippen LogP contribution in [0.25, 0.3) is 0 Å². The zero-order valence-corrected chi connectivity index (χ0v) is 15.0. The third kappa shape index (κ3) is 4.48. The van der Waals surface area contributed by atoms with Gasteiger partial charge in [0.05, 0.1) is 18.0 Å². The number of piperidine rings is 1. The molecule has 27 heavy (non-hydrogen) atoms. The molecule has 142 valence electrons. The number of benzene rings is 1. The third-order valence-corrected chi connectivity index (χ3v) is 4.92. The van der Waals surface area contributed by atoms with Gasteiger partial charge < -0.3 is 24.8 Å². The number of amides is 1. The second-order valence-electron chi connectivity index (χ2n) is 6.68. The van der Waals surface area contributed by atoms with E-state index in [4.69, 9.17) is 14.8 Å². The number of carbonyl (C=O) groups is 1. The highest BCUT2D eigenvalue weighted by molar-refractivity contribution is 6.04. The van der Waals surface area contributed by atoms with Gasteiger partial charge in [0, 0.05) is 19.7 Å². The van der Waals surface area contributed by atoms with E-state index in [2.05, 4.69) is 10.2 Å². The Balaban J connectivity index is 1.79. The predicted molar refractivity (Wildman–Crippen MR) is 100 cm³/mol. The van der Waals surface area contributed by atoms with E-state index in [9.17, 15) is 9.90 Å². The van der Waals surface area contributed by atoms with Crippen molar-refractivity contribution in [1.29, 1.82) is 5.26 Å². The van der Waals surface area contributed by atoms with Gasteiger partial charge in [-0.2, -0.15) is 5.26 Å². The Morgan fingerprint density at radius 2 is 2.04 bits per heavy atom. The average Bonchev–Trinajstić information content (AvgIpc) is 3.18. The summed E-state index contributed by atoms with van der Waals surface area (Å²) in [6.07, 6.45) is 2.79. The average molecular weight is 369 g/mol. The number of hydrogen-bond acceptors (Lipinski definition) is 6. The molecule has 1 amide bonds. The fourth-order valence-electron chi connectivity index (χ4n) is 3.41. The standard InChI is InChI=1S/C20H23N3O4/c21-12-16-2-4-19(27-16)20(26)22-17-11-15(13-25)1-3-18(17)23-8-5-14(6-9-23)7-10-24/h1-4,11,14,24-25H,5-10,13H2,(H,22,26). The molecule has 1 aliphatic heterocycles. The lowest BCUT2D eigenvalue weighted by Crippen LogP contribution is -2.34. The van der Waals surface area contributed by atoms with Crippen molar-refractivity contribution in [2.24, 2.45) is 5.92 Å². The summed E-state index contributed by atoms with van der Waals surface area (Å²) in [6, 6.07) is 10.3. The van der Waals surface area contributed by atoms with Crippen molar-refractivity contribution in [3.8, 4) is 6.07 Å². The molecule has 0 saturated carbocycles. The molecule has 0 radical (unpaired) electrons. The van der Waals surface area contributed by atoms with Gasteiger partial charge in [-0.25, -0.2) is 0 Å². The van der Waals surface area contributed by atoms with Crippen molar-refractivity contribution < 1.29 is 19.4 Å². The molecule has 1 aromatic heterocycles. The molecule has 0 aliphatic carbocycles. The topological polar surface area (TPSA) is 110 Å². The minimum atomic E-state index is -0.442. The van der Waals surface area contributed by atoms with E-state index in [0.717, 1.165) is 38.0 Å². The molecular formula is C20H23N3O4. The molecular weight excluding hydrogens is 346 g/mol. The number of hydrogen-bond donors (Lipinski definition) is 3. The number of carbonyl (C=O) groups excluding carboxylic acids is 1. The first kappa shape index (κ1) is 19.0. The molecule has 2 heterocycles. The molecule has 7 heteroatoms. The number of nitriles is 1. The van der Waals surface area contributed by atoms with E-state index < -0.39 is 5.91 Å². The number of nitrogens with zero attached hydrogens (tertiary/aromatic N) is 2. The summed E-state index contributed by atoms with van der Waals surface area (Å²) in [5.74, 6) is 0.223. The van der Waals surface area contributed by atoms with Crippen molar-refractivity contribution >= 4 is 17.3 Å². The van der Waals surface area contributed by atoms with Gasteiger partial charge in [-0.05, 0) is 55.0 Å². The lowest BCUT2D eigenvalue weighted by atomic mass is 9.93. The highest BCUT2D eigenvalue weighted by Crippen LogP contribution is 2.32. The van der Waals surface area contributed by atoms with Crippen LogP contribution in [-0.4, -0.2) is 35.8 Å². The Labute approximate surface area is 157 Å². The number of nitrogens with one attached hydrogen (secondary N) is 1. The molecule has 1 saturated heterocycles. The van der Waals surface area contributed by atoms with Crippen LogP contribution < -0.4 is 10.2 Å². The van der Waals surface area contributed by atoms with E-state index in [-0.39, 0.29) is 24.7 Å². The predicted octanol–water partition coefficient (Wildman–Crippen LogP) is 2.49. The van der Waals surface area contributed by atoms with Crippen LogP contribution in [0.5, 0.6) is 0 Å². The van der Waals surface area contributed by atoms with Gasteiger partial charge in [0.25, 0.3) is 5.91 Å². The van der Waals surface area contributed by atoms with Crippen molar-refractivity contribution in [1.82, 2.24) is 0 Å². The van der Waals surface area contributed by atoms with Gasteiger partial charge in [0.2, 0.25) is 5.76 Å². The lowest BCUT2D eigenvalue weighted by molar-refractivity contribution is 0.0996. The largest absolute Gasteiger partial charge is 0.440 e. The van der Waals surface area contributed by atoms with Crippen molar-refractivity contribution in [3.05, 3.63) is 47.4 Å². The first-order valence-corrected chi connectivity index (χ1v) is 9.05. The van der Waals surface area contributed by atoms with Crippen LogP contribution in [0.2, 0.25) is 0 Å². The number of furan rings is 1. The second-order valence-corrected chi connectivity index (χ2v) is 6.68. The lowest BCUT2D eigenvalue weighted by Gasteiger charge is -2.34. The molecule has 0 atom stereocenters. The number of rotatable bonds is 6. The van der Waals surface area contributed by atoms with Gasteiger partial charge in [-0.3, -0.25) is 4.79 Å². The summed E-state index contributed by atoms with van der Waals surface area (Å²) in [6.45, 7) is 1.77. The molecule has 1 aliphatic rings. The van der Waals surface area contributed by atoms with E-state index in [1.54, 1.807) is 6.07 Å². The highest BCUT2D eigenvalue weighted by Gasteiger charge is 2.22. The maximum Gasteiger partial charge on any atom is 0.291 e. The fraction of sp³-hybridized carbons (Fsp3) is 0.400. The van der Waals surface area contributed by atoms with Crippen LogP contribution in [0.4, 0.5) is 11.4 Å². The summed E-state index contributed by atoms with van der Waals surface area (Å²) in [5, 5.41) is 30.2. The van der Waals surface area contributed by atoms with Crippen LogP contribution in [0.3, 0.4) is 0 Å². The minimum Gasteiger partial charge on any atom is -0.440 e. The van der Waals surface area contributed by atoms with Gasteiger partial charge in [0.1, 0.15) is 6.07 Å². The van der Waals surface area contributed by atoms with Crippen LogP contribution >= 0.6 is 0 Å². The van der Waals surface area contributed by atoms with Crippen molar-refractivity contribution in [2.45, 2.75) is 25.9 Å². The molecule has 0 bridgehead atoms. The van der Waals surface area contributed by atoms with Crippen LogP contribution in [0.1, 0.15) is 41.1 Å². The van der Waals surface area contributed by atoms with E-state index in [0.29, 0.717) is 17.2 Å². The second kappa shape index (κ2) is 8.71. The van der Waals surface area contributed by atoms with Gasteiger partial charge >= 0.3 is 0 Å². The SMILES string of the molecule is N#Cc1ccc(C(=O)Nc2cc(CO)ccc2N2CCC(CCO)CC2)o1. The van der Waals surface area contributed by atoms with E-state index in [1.165, 1.54) is 12.1 Å². The Morgan fingerprint density at radius 1 is 1.26 bits per heavy atom. The first-order valence-electron chi connectivity index (χ1n) is 9.05. The normalized spacial score (nSPS) is 14.8. The first-order chi connectivity index (χ1) is 13.1. The minimum absolute atomic E-state index is 0.0635. The number of aliphatic hydroxyl groups is 2. The van der Waals surface area contributed by atoms with Gasteiger partial charge in [0.15, 0.2) is 5.76 Å². The molecule has 0 unspecified atom stereocenters. The smallest absolute Gasteiger partial charge is 0.291 e. The Hall–Kier alpha value is -2.82. The summed E-state index contributed by atoms with van der Waals surface area (Å²) < 4.78 is 5.19. The summed E-state index contributed by atoms with van der Waals surface area (Å²) >= 11 is 0. The van der Waals surface area contributed by atoms with E-state index >= 15 is 0 Å². The molecule has 3 rings (SSSR count). The molecule has 2 aromatic rings. The molecule has 1 fully saturated rings. The fourth-order valence-corrected chi connectivity index (χ4v) is 3.41. The Bertz CT molecular complexity index is 832. The maximum absolute atomic E-state index is 12.5. The van der Waals surface area contributed by atoms with Gasteiger partial charge in [-0.1, -0.05) is 6.07 Å². The molecule has 0 spiro atoms. The van der Waals surface area contributed by atoms with Crippen molar-refractivity contribution in [3.63, 3.8) is 0 Å². The molecule has 1 aromatic carbocycles. The van der Waals surface area contributed by atoms with Crippen LogP contribution in [-0.2, 0) is 6.61 Å². The third-order valence-electron chi connectivity index (χ3n) is 4.92. The van der Waals surface area contributed by atoms with Crippen LogP contribution in [0, 0.1) is 17.2 Å². The van der Waals surface area contributed by atoms with Gasteiger partial charge in [-0.15, -0.1) is 0 Å². The zero-order valence-electron chi connectivity index (χ0n) is 15.0. The maximum atomic E-state index is 12.5. The summed E-state index contributed by atoms with van der Waals surface area (Å²) in [5.41, 5.74) is 2.18. The highest BCUT2D eigenvalue weighted by atomic mass is 16.3. The monoisotopic (exact) mass is 369 g/mol. The summed E-state index contributed by atoms with van der Waals surface area (Å²) in [4.78, 5) is 14.7. The van der Waals surface area contributed by atoms with Crippen molar-refractivity contribution in [2.75, 3.05) is 29.9 Å². The molecule has 7 nitrogen and oxygen atoms in total. The van der Waals surface area contributed by atoms with E-state index in [1.807, 2.05) is 18.2 Å². The summed E-state index contributed by atoms with van der Waals surface area (Å²) in [7, 11) is 0. The quantitative estimate of drug-likeness (QED) is 0.722. The Morgan fingerprint density at radius 3 is 2.67 bits per heavy atom. The molecule has 3 N–H and O–H groups in total. The zero-order chi connectivity index (χ0) is 19.2. The number of aliphatic hydroxyl groups excluding tert-OH is 2. The number of anilines is 2. The van der Waals surface area contributed by atoms with Crippen LogP contribution in [0.15, 0.2) is 34.7 Å². The Kier molecular flexibility index (Phi) is 6.12.